The lowest BCUT2D eigenvalue weighted by molar-refractivity contribution is -0.0930. The maximum Gasteiger partial charge on any atom is 0.330 e. The molecular formula is C31H32N2O10S2. The highest BCUT2D eigenvalue weighted by Gasteiger charge is 2.52. The first kappa shape index (κ1) is 32.5. The van der Waals surface area contributed by atoms with E-state index in [1.165, 1.54) is 13.1 Å². The van der Waals surface area contributed by atoms with Gasteiger partial charge in [0.2, 0.25) is 0 Å². The average molecular weight is 657 g/mol. The molecule has 1 aliphatic rings. The molecule has 0 saturated carbocycles. The molecule has 4 atom stereocenters. The van der Waals surface area contributed by atoms with Gasteiger partial charge in [0, 0.05) is 11.8 Å². The van der Waals surface area contributed by atoms with Crippen LogP contribution in [-0.2, 0) is 43.7 Å². The van der Waals surface area contributed by atoms with Crippen LogP contribution >= 0.6 is 0 Å². The molecule has 5 rings (SSSR count). The summed E-state index contributed by atoms with van der Waals surface area (Å²) in [6, 6.07) is 28.1. The van der Waals surface area contributed by atoms with E-state index in [0.29, 0.717) is 0 Å². The summed E-state index contributed by atoms with van der Waals surface area (Å²) in [6.07, 6.45) is -3.31. The number of ether oxygens (including phenoxy) is 2. The molecule has 0 radical (unpaired) electrons. The Morgan fingerprint density at radius 3 is 1.64 bits per heavy atom. The number of aromatic nitrogens is 2. The fourth-order valence-corrected chi connectivity index (χ4v) is 6.68. The van der Waals surface area contributed by atoms with Gasteiger partial charge in [-0.15, -0.1) is 0 Å². The van der Waals surface area contributed by atoms with Gasteiger partial charge in [-0.25, -0.2) is 4.79 Å². The third-order valence-corrected chi connectivity index (χ3v) is 8.43. The fraction of sp³-hybridized carbons (Fsp3) is 0.290. The van der Waals surface area contributed by atoms with E-state index < -0.39 is 61.6 Å². The first-order chi connectivity index (χ1) is 21.3. The van der Waals surface area contributed by atoms with Gasteiger partial charge in [-0.05, 0) is 23.6 Å². The van der Waals surface area contributed by atoms with Crippen molar-refractivity contribution < 1.29 is 34.7 Å². The molecular weight excluding hydrogens is 624 g/mol. The van der Waals surface area contributed by atoms with Crippen LogP contribution in [0, 0.1) is 6.92 Å². The predicted molar refractivity (Wildman–Crippen MR) is 165 cm³/mol. The van der Waals surface area contributed by atoms with E-state index >= 15 is 0 Å². The minimum absolute atomic E-state index is 0.118. The van der Waals surface area contributed by atoms with Crippen molar-refractivity contribution >= 4 is 20.2 Å². The van der Waals surface area contributed by atoms with Gasteiger partial charge in [0.25, 0.3) is 25.8 Å². The number of H-pyrrole nitrogens is 1. The van der Waals surface area contributed by atoms with Crippen molar-refractivity contribution in [1.82, 2.24) is 9.55 Å². The van der Waals surface area contributed by atoms with Gasteiger partial charge in [-0.1, -0.05) is 91.0 Å². The minimum Gasteiger partial charge on any atom is -0.358 e. The average Bonchev–Trinajstić information content (AvgIpc) is 3.30. The van der Waals surface area contributed by atoms with Crippen molar-refractivity contribution in [1.29, 1.82) is 0 Å². The largest absolute Gasteiger partial charge is 0.358 e. The number of hydrogen-bond acceptors (Lipinski definition) is 10. The van der Waals surface area contributed by atoms with Crippen LogP contribution in [0.5, 0.6) is 0 Å². The van der Waals surface area contributed by atoms with Crippen LogP contribution in [0.15, 0.2) is 107 Å². The molecule has 2 heterocycles. The molecule has 0 bridgehead atoms. The maximum absolute atomic E-state index is 12.9. The van der Waals surface area contributed by atoms with Crippen molar-refractivity contribution in [2.45, 2.75) is 37.1 Å². The monoisotopic (exact) mass is 656 g/mol. The molecule has 4 unspecified atom stereocenters. The quantitative estimate of drug-likeness (QED) is 0.188. The van der Waals surface area contributed by atoms with Crippen molar-refractivity contribution in [3.05, 3.63) is 140 Å². The Bertz CT molecular complexity index is 1870. The molecule has 14 heteroatoms. The number of nitrogens with one attached hydrogen (secondary N) is 1. The van der Waals surface area contributed by atoms with Gasteiger partial charge in [0.1, 0.15) is 17.8 Å². The van der Waals surface area contributed by atoms with Crippen molar-refractivity contribution in [3.63, 3.8) is 0 Å². The van der Waals surface area contributed by atoms with Gasteiger partial charge < -0.3 is 9.47 Å². The Morgan fingerprint density at radius 2 is 1.20 bits per heavy atom. The summed E-state index contributed by atoms with van der Waals surface area (Å²) in [4.78, 5) is 27.1. The van der Waals surface area contributed by atoms with Gasteiger partial charge in [-0.2, -0.15) is 16.8 Å². The van der Waals surface area contributed by atoms with Gasteiger partial charge in [0.15, 0.2) is 12.3 Å². The third-order valence-electron chi connectivity index (χ3n) is 7.28. The van der Waals surface area contributed by atoms with Crippen LogP contribution < -0.4 is 11.2 Å². The summed E-state index contributed by atoms with van der Waals surface area (Å²) in [5, 5.41) is 0. The smallest absolute Gasteiger partial charge is 0.330 e. The SMILES string of the molecule is Cc1cn(C2OC(COC(c3ccccc3)(c3ccccc3)c3ccccc3)C(OS(C)(=O)=O)C2OS(C)(=O)=O)c(=O)[nH]c1=O. The number of rotatable bonds is 11. The number of hydrogen-bond donors (Lipinski definition) is 1. The van der Waals surface area contributed by atoms with Crippen LogP contribution in [0.4, 0.5) is 0 Å². The topological polar surface area (TPSA) is 160 Å². The second-order valence-corrected chi connectivity index (χ2v) is 13.9. The normalized spacial score (nSPS) is 20.7. The molecule has 4 aromatic rings. The Hall–Kier alpha value is -3.92. The Kier molecular flexibility index (Phi) is 9.26. The minimum atomic E-state index is -4.25. The van der Waals surface area contributed by atoms with E-state index in [4.69, 9.17) is 17.8 Å². The van der Waals surface area contributed by atoms with E-state index in [1.54, 1.807) is 0 Å². The zero-order valence-corrected chi connectivity index (χ0v) is 26.2. The van der Waals surface area contributed by atoms with Crippen LogP contribution in [-0.4, -0.2) is 63.8 Å². The molecule has 238 valence electrons. The molecule has 12 nitrogen and oxygen atoms in total. The second kappa shape index (κ2) is 12.8. The van der Waals surface area contributed by atoms with Gasteiger partial charge >= 0.3 is 5.69 Å². The molecule has 45 heavy (non-hydrogen) atoms. The number of nitrogens with zero attached hydrogens (tertiary/aromatic N) is 1. The van der Waals surface area contributed by atoms with Gasteiger partial charge in [-0.3, -0.25) is 22.7 Å². The highest BCUT2D eigenvalue weighted by atomic mass is 32.2. The highest BCUT2D eigenvalue weighted by Crippen LogP contribution is 2.42. The molecule has 1 aliphatic heterocycles. The maximum atomic E-state index is 12.9. The van der Waals surface area contributed by atoms with Crippen LogP contribution in [0.2, 0.25) is 0 Å². The summed E-state index contributed by atoms with van der Waals surface area (Å²) in [6.45, 7) is 1.09. The highest BCUT2D eigenvalue weighted by molar-refractivity contribution is 7.86. The van der Waals surface area contributed by atoms with Crippen LogP contribution in [0.1, 0.15) is 28.5 Å². The molecule has 0 amide bonds. The van der Waals surface area contributed by atoms with Crippen LogP contribution in [0.25, 0.3) is 0 Å². The first-order valence-corrected chi connectivity index (χ1v) is 17.5. The molecule has 1 aromatic heterocycles. The summed E-state index contributed by atoms with van der Waals surface area (Å²) in [5.41, 5.74) is -0.481. The van der Waals surface area contributed by atoms with E-state index in [-0.39, 0.29) is 12.2 Å². The van der Waals surface area contributed by atoms with Gasteiger partial charge in [0.05, 0.1) is 19.1 Å². The predicted octanol–water partition coefficient (Wildman–Crippen LogP) is 2.44. The van der Waals surface area contributed by atoms with E-state index in [0.717, 1.165) is 33.8 Å². The zero-order valence-electron chi connectivity index (χ0n) is 24.6. The molecule has 0 aliphatic carbocycles. The van der Waals surface area contributed by atoms with Crippen molar-refractivity contribution in [2.24, 2.45) is 0 Å². The third kappa shape index (κ3) is 7.16. The summed E-state index contributed by atoms with van der Waals surface area (Å²) in [5.74, 6) is 0. The lowest BCUT2D eigenvalue weighted by atomic mass is 9.80. The summed E-state index contributed by atoms with van der Waals surface area (Å²) < 4.78 is 74.4. The molecule has 1 N–H and O–H groups in total. The number of aromatic amines is 1. The lowest BCUT2D eigenvalue weighted by Gasteiger charge is -2.37. The van der Waals surface area contributed by atoms with E-state index in [2.05, 4.69) is 4.98 Å². The lowest BCUT2D eigenvalue weighted by Crippen LogP contribution is -2.44. The number of aryl methyl sites for hydroxylation is 1. The Balaban J connectivity index is 1.65. The van der Waals surface area contributed by atoms with Crippen molar-refractivity contribution in [2.75, 3.05) is 19.1 Å². The Labute approximate surface area is 260 Å². The molecule has 1 fully saturated rings. The Morgan fingerprint density at radius 1 is 0.756 bits per heavy atom. The van der Waals surface area contributed by atoms with E-state index in [9.17, 15) is 26.4 Å². The standard InChI is InChI=1S/C31H32N2O10S2/c1-21-19-33(30(35)32-28(21)34)29-27(43-45(3,38)39)26(42-44(2,36)37)25(41-29)20-40-31(22-13-7-4-8-14-22,23-15-9-5-10-16-23)24-17-11-6-12-18-24/h4-19,25-27,29H,20H2,1-3H3,(H,32,34,35). The first-order valence-electron chi connectivity index (χ1n) is 13.8. The summed E-state index contributed by atoms with van der Waals surface area (Å²) in [7, 11) is -8.47. The zero-order chi connectivity index (χ0) is 32.4. The van der Waals surface area contributed by atoms with Crippen LogP contribution in [0.3, 0.4) is 0 Å². The number of benzene rings is 3. The summed E-state index contributed by atoms with van der Waals surface area (Å²) >= 11 is 0. The molecule has 0 spiro atoms. The van der Waals surface area contributed by atoms with Crippen molar-refractivity contribution in [3.8, 4) is 0 Å². The molecule has 3 aromatic carbocycles. The fourth-order valence-electron chi connectivity index (χ4n) is 5.44. The molecule has 1 saturated heterocycles. The van der Waals surface area contributed by atoms with E-state index in [1.807, 2.05) is 91.0 Å². The second-order valence-electron chi connectivity index (χ2n) is 10.7.